The van der Waals surface area contributed by atoms with Crippen LogP contribution in [0.3, 0.4) is 0 Å². The molecular formula is C20H29N3O4S. The molecule has 2 amide bonds. The fraction of sp³-hybridized carbons (Fsp3) is 0.600. The molecule has 0 saturated carbocycles. The van der Waals surface area contributed by atoms with E-state index in [4.69, 9.17) is 0 Å². The third-order valence-electron chi connectivity index (χ3n) is 5.67. The summed E-state index contributed by atoms with van der Waals surface area (Å²) in [6, 6.07) is 4.24. The number of sulfonamides is 1. The highest BCUT2D eigenvalue weighted by molar-refractivity contribution is 7.89. The monoisotopic (exact) mass is 407 g/mol. The van der Waals surface area contributed by atoms with Gasteiger partial charge in [0.2, 0.25) is 21.8 Å². The molecule has 1 aromatic rings. The third-order valence-corrected chi connectivity index (χ3v) is 7.72. The lowest BCUT2D eigenvalue weighted by Crippen LogP contribution is -2.50. The molecule has 8 heteroatoms. The number of fused-ring (bicyclic) bond motifs is 1. The zero-order valence-electron chi connectivity index (χ0n) is 16.8. The Bertz CT molecular complexity index is 858. The van der Waals surface area contributed by atoms with Gasteiger partial charge in [0.15, 0.2) is 0 Å². The van der Waals surface area contributed by atoms with Crippen LogP contribution in [0.1, 0.15) is 45.6 Å². The second kappa shape index (κ2) is 8.21. The Hall–Kier alpha value is -1.93. The van der Waals surface area contributed by atoms with Crippen LogP contribution in [0.4, 0.5) is 5.69 Å². The van der Waals surface area contributed by atoms with E-state index in [0.717, 1.165) is 37.9 Å². The van der Waals surface area contributed by atoms with Gasteiger partial charge in [-0.2, -0.15) is 4.31 Å². The number of nitrogens with zero attached hydrogens (tertiary/aromatic N) is 3. The normalized spacial score (nSPS) is 19.8. The van der Waals surface area contributed by atoms with E-state index in [-0.39, 0.29) is 16.7 Å². The summed E-state index contributed by atoms with van der Waals surface area (Å²) in [6.07, 6.45) is 3.44. The molecular weight excluding hydrogens is 378 g/mol. The van der Waals surface area contributed by atoms with Crippen LogP contribution in [-0.2, 0) is 26.0 Å². The summed E-state index contributed by atoms with van der Waals surface area (Å²) in [5.41, 5.74) is 1.38. The van der Waals surface area contributed by atoms with E-state index in [0.29, 0.717) is 25.2 Å². The van der Waals surface area contributed by atoms with E-state index < -0.39 is 16.1 Å². The third kappa shape index (κ3) is 3.67. The minimum atomic E-state index is -3.58. The van der Waals surface area contributed by atoms with Gasteiger partial charge < -0.3 is 4.90 Å². The van der Waals surface area contributed by atoms with Crippen molar-refractivity contribution in [2.45, 2.75) is 57.4 Å². The Morgan fingerprint density at radius 1 is 1.11 bits per heavy atom. The van der Waals surface area contributed by atoms with Crippen molar-refractivity contribution < 1.29 is 18.0 Å². The van der Waals surface area contributed by atoms with Crippen LogP contribution >= 0.6 is 0 Å². The molecule has 154 valence electrons. The van der Waals surface area contributed by atoms with Crippen molar-refractivity contribution in [2.75, 3.05) is 31.1 Å². The Labute approximate surface area is 167 Å². The van der Waals surface area contributed by atoms with Crippen LogP contribution in [0.5, 0.6) is 0 Å². The lowest BCUT2D eigenvalue weighted by molar-refractivity contribution is -0.135. The lowest BCUT2D eigenvalue weighted by Gasteiger charge is -2.32. The highest BCUT2D eigenvalue weighted by Gasteiger charge is 2.40. The van der Waals surface area contributed by atoms with Gasteiger partial charge in [-0.15, -0.1) is 0 Å². The van der Waals surface area contributed by atoms with Gasteiger partial charge in [-0.1, -0.05) is 13.8 Å². The molecule has 0 unspecified atom stereocenters. The minimum absolute atomic E-state index is 0.0424. The van der Waals surface area contributed by atoms with Crippen molar-refractivity contribution in [3.8, 4) is 0 Å². The number of carbonyl (C=O) groups is 2. The fourth-order valence-corrected chi connectivity index (χ4v) is 5.72. The fourth-order valence-electron chi connectivity index (χ4n) is 4.21. The molecule has 1 atom stereocenters. The van der Waals surface area contributed by atoms with E-state index in [2.05, 4.69) is 0 Å². The van der Waals surface area contributed by atoms with Crippen LogP contribution in [0, 0.1) is 0 Å². The molecule has 0 spiro atoms. The number of amides is 2. The summed E-state index contributed by atoms with van der Waals surface area (Å²) in [5.74, 6) is -0.243. The van der Waals surface area contributed by atoms with Gasteiger partial charge in [-0.05, 0) is 43.0 Å². The van der Waals surface area contributed by atoms with E-state index >= 15 is 0 Å². The van der Waals surface area contributed by atoms with Crippen molar-refractivity contribution in [1.29, 1.82) is 0 Å². The maximum absolute atomic E-state index is 13.1. The number of carbonyl (C=O) groups excluding carboxylic acids is 2. The van der Waals surface area contributed by atoms with Gasteiger partial charge >= 0.3 is 0 Å². The first kappa shape index (κ1) is 20.8. The van der Waals surface area contributed by atoms with E-state index in [1.54, 1.807) is 26.0 Å². The smallest absolute Gasteiger partial charge is 0.246 e. The quantitative estimate of drug-likeness (QED) is 0.748. The topological polar surface area (TPSA) is 78.0 Å². The Balaban J connectivity index is 1.93. The Morgan fingerprint density at radius 2 is 1.75 bits per heavy atom. The molecule has 0 radical (unpaired) electrons. The van der Waals surface area contributed by atoms with E-state index in [9.17, 15) is 18.0 Å². The van der Waals surface area contributed by atoms with Crippen LogP contribution in [0.25, 0.3) is 0 Å². The van der Waals surface area contributed by atoms with Gasteiger partial charge in [0.25, 0.3) is 0 Å². The first-order valence-electron chi connectivity index (χ1n) is 10.0. The second-order valence-corrected chi connectivity index (χ2v) is 9.31. The first-order chi connectivity index (χ1) is 13.3. The van der Waals surface area contributed by atoms with Crippen LogP contribution in [0.15, 0.2) is 23.1 Å². The molecule has 0 N–H and O–H groups in total. The average Bonchev–Trinajstić information content (AvgIpc) is 3.07. The molecule has 3 rings (SSSR count). The zero-order valence-corrected chi connectivity index (χ0v) is 17.7. The Kier molecular flexibility index (Phi) is 6.09. The summed E-state index contributed by atoms with van der Waals surface area (Å²) < 4.78 is 27.1. The molecule has 0 aromatic heterocycles. The average molecular weight is 408 g/mol. The molecule has 1 fully saturated rings. The van der Waals surface area contributed by atoms with Gasteiger partial charge in [-0.3, -0.25) is 14.5 Å². The molecule has 0 aliphatic carbocycles. The molecule has 2 aliphatic heterocycles. The number of hydrogen-bond acceptors (Lipinski definition) is 4. The molecule has 2 heterocycles. The van der Waals surface area contributed by atoms with Crippen LogP contribution in [-0.4, -0.2) is 61.7 Å². The first-order valence-corrected chi connectivity index (χ1v) is 11.5. The highest BCUT2D eigenvalue weighted by Crippen LogP contribution is 2.35. The standard InChI is InChI=1S/C20H29N3O4S/c1-4-22(5-2)28(26,27)17-9-10-18-16(13-17)14-19(23(18)15(3)24)20(25)21-11-7-6-8-12-21/h9-10,13,19H,4-8,11-12,14H2,1-3H3/t19-/m1/s1. The lowest BCUT2D eigenvalue weighted by atomic mass is 10.1. The maximum atomic E-state index is 13.1. The minimum Gasteiger partial charge on any atom is -0.341 e. The molecule has 2 aliphatic rings. The molecule has 7 nitrogen and oxygen atoms in total. The summed E-state index contributed by atoms with van der Waals surface area (Å²) in [5, 5.41) is 0. The second-order valence-electron chi connectivity index (χ2n) is 7.37. The number of rotatable bonds is 5. The van der Waals surface area contributed by atoms with Crippen LogP contribution < -0.4 is 4.90 Å². The number of anilines is 1. The molecule has 1 saturated heterocycles. The zero-order chi connectivity index (χ0) is 20.5. The molecule has 28 heavy (non-hydrogen) atoms. The molecule has 1 aromatic carbocycles. The Morgan fingerprint density at radius 3 is 2.32 bits per heavy atom. The van der Waals surface area contributed by atoms with Gasteiger partial charge in [0.1, 0.15) is 6.04 Å². The molecule has 0 bridgehead atoms. The van der Waals surface area contributed by atoms with Gasteiger partial charge in [-0.25, -0.2) is 8.42 Å². The number of likely N-dealkylation sites (tertiary alicyclic amines) is 1. The van der Waals surface area contributed by atoms with Crippen molar-refractivity contribution in [3.05, 3.63) is 23.8 Å². The maximum Gasteiger partial charge on any atom is 0.246 e. The SMILES string of the molecule is CCN(CC)S(=O)(=O)c1ccc2c(c1)C[C@H](C(=O)N1CCCCC1)N2C(C)=O. The summed E-state index contributed by atoms with van der Waals surface area (Å²) in [4.78, 5) is 29.0. The van der Waals surface area contributed by atoms with E-state index in [1.807, 2.05) is 4.90 Å². The van der Waals surface area contributed by atoms with E-state index in [1.165, 1.54) is 22.2 Å². The van der Waals surface area contributed by atoms with Crippen molar-refractivity contribution in [2.24, 2.45) is 0 Å². The predicted molar refractivity (Wildman–Crippen MR) is 108 cm³/mol. The van der Waals surface area contributed by atoms with Gasteiger partial charge in [0.05, 0.1) is 4.90 Å². The number of piperidine rings is 1. The summed E-state index contributed by atoms with van der Waals surface area (Å²) in [6.45, 7) is 7.29. The van der Waals surface area contributed by atoms with Crippen molar-refractivity contribution >= 4 is 27.5 Å². The number of hydrogen-bond donors (Lipinski definition) is 0. The van der Waals surface area contributed by atoms with Crippen molar-refractivity contribution in [1.82, 2.24) is 9.21 Å². The largest absolute Gasteiger partial charge is 0.341 e. The van der Waals surface area contributed by atoms with Gasteiger partial charge in [0, 0.05) is 45.2 Å². The number of benzene rings is 1. The van der Waals surface area contributed by atoms with Crippen molar-refractivity contribution in [3.63, 3.8) is 0 Å². The highest BCUT2D eigenvalue weighted by atomic mass is 32.2. The summed E-state index contributed by atoms with van der Waals surface area (Å²) >= 11 is 0. The predicted octanol–water partition coefficient (Wildman–Crippen LogP) is 2.01. The summed E-state index contributed by atoms with van der Waals surface area (Å²) in [7, 11) is -3.58. The van der Waals surface area contributed by atoms with Crippen LogP contribution in [0.2, 0.25) is 0 Å².